The molecule has 12 atom stereocenters. The van der Waals surface area contributed by atoms with Crippen LogP contribution in [0.3, 0.4) is 0 Å². The van der Waals surface area contributed by atoms with Gasteiger partial charge in [-0.3, -0.25) is 0 Å². The molecule has 2 aromatic heterocycles. The maximum absolute atomic E-state index is 10.2. The number of aromatic amines is 1. The fourth-order valence-electron chi connectivity index (χ4n) is 14.7. The Morgan fingerprint density at radius 2 is 1.16 bits per heavy atom. The molecule has 4 fully saturated rings. The standard InChI is InChI=1S/C26H32N2O.C19H27IO.C7H6N2.CH4.HI/c1-25-13-11-18(29)15-17(25)7-8-19-20-9-10-24(26(20,2)14-12-21(19)25)28-16-27-22-5-3-4-6-23(22)28;1-18-9-7-13(21)11-12(18)3-4-14-15-5-6-17(20)19(15,2)10-8-16(14)18;1-2-4-7-6(3-1)8-5-9-7;;/h3-7,10,16,18-21,29H,8-9,11-15H2,1-2H3;3,6,13-16,21H,4-5,7-11H2,1-2H3;1-5H,(H,8,9);1H4;1H/t18-,19?,20?,21?,25-,26-;13-,14?,15?,16?,18-,19-;;;/m00.../s1. The van der Waals surface area contributed by atoms with Crippen molar-refractivity contribution in [1.29, 1.82) is 0 Å². The zero-order chi connectivity index (χ0) is 40.7. The van der Waals surface area contributed by atoms with Gasteiger partial charge in [-0.25, -0.2) is 9.97 Å². The first kappa shape index (κ1) is 45.3. The Labute approximate surface area is 395 Å². The van der Waals surface area contributed by atoms with E-state index >= 15 is 0 Å². The zero-order valence-electron chi connectivity index (χ0n) is 36.1. The third kappa shape index (κ3) is 7.49. The van der Waals surface area contributed by atoms with Crippen LogP contribution < -0.4 is 0 Å². The predicted molar refractivity (Wildman–Crippen MR) is 271 cm³/mol. The van der Waals surface area contributed by atoms with Crippen LogP contribution in [0.15, 0.2) is 100 Å². The molecule has 6 nitrogen and oxygen atoms in total. The fraction of sp³-hybridized carbons (Fsp3) is 0.585. The Bertz CT molecular complexity index is 2330. The number of nitrogens with one attached hydrogen (secondary N) is 1. The van der Waals surface area contributed by atoms with Gasteiger partial charge in [0.25, 0.3) is 0 Å². The Kier molecular flexibility index (Phi) is 12.8. The first-order valence-electron chi connectivity index (χ1n) is 23.0. The average Bonchev–Trinajstić information content (AvgIpc) is 4.03. The minimum atomic E-state index is -0.117. The van der Waals surface area contributed by atoms with Gasteiger partial charge < -0.3 is 19.8 Å². The van der Waals surface area contributed by atoms with Gasteiger partial charge in [-0.1, -0.05) is 94.8 Å². The summed E-state index contributed by atoms with van der Waals surface area (Å²) < 4.78 is 4.00. The quantitative estimate of drug-likeness (QED) is 0.131. The molecule has 0 spiro atoms. The Morgan fingerprint density at radius 1 is 0.623 bits per heavy atom. The van der Waals surface area contributed by atoms with Crippen molar-refractivity contribution in [3.05, 3.63) is 100 Å². The van der Waals surface area contributed by atoms with E-state index in [9.17, 15) is 10.2 Å². The molecule has 328 valence electrons. The van der Waals surface area contributed by atoms with E-state index < -0.39 is 0 Å². The number of benzene rings is 2. The molecule has 2 aromatic carbocycles. The van der Waals surface area contributed by atoms with E-state index in [1.54, 1.807) is 21.1 Å². The number of aromatic nitrogens is 4. The summed E-state index contributed by atoms with van der Waals surface area (Å²) >= 11 is 2.60. The molecular formula is C53H70I2N4O2. The minimum absolute atomic E-state index is 0. The van der Waals surface area contributed by atoms with Crippen molar-refractivity contribution in [2.45, 2.75) is 137 Å². The molecule has 0 radical (unpaired) electrons. The van der Waals surface area contributed by atoms with Crippen LogP contribution in [-0.2, 0) is 0 Å². The van der Waals surface area contributed by atoms with Crippen LogP contribution in [0.4, 0.5) is 0 Å². The summed E-state index contributed by atoms with van der Waals surface area (Å²) in [5.41, 5.74) is 10.5. The zero-order valence-corrected chi connectivity index (χ0v) is 40.6. The number of hydrogen-bond acceptors (Lipinski definition) is 4. The summed E-state index contributed by atoms with van der Waals surface area (Å²) in [6, 6.07) is 16.5. The van der Waals surface area contributed by atoms with E-state index in [2.05, 4.69) is 118 Å². The lowest BCUT2D eigenvalue weighted by atomic mass is 9.48. The molecule has 8 aliphatic carbocycles. The number of rotatable bonds is 1. The van der Waals surface area contributed by atoms with Gasteiger partial charge in [0, 0.05) is 16.5 Å². The van der Waals surface area contributed by atoms with Crippen molar-refractivity contribution < 1.29 is 10.2 Å². The molecule has 0 saturated heterocycles. The summed E-state index contributed by atoms with van der Waals surface area (Å²) in [6.07, 6.45) is 30.1. The molecule has 4 aromatic rings. The number of imidazole rings is 2. The molecule has 6 unspecified atom stereocenters. The molecule has 4 saturated carbocycles. The van der Waals surface area contributed by atoms with Crippen LogP contribution in [0.2, 0.25) is 0 Å². The van der Waals surface area contributed by atoms with E-state index in [1.807, 2.05) is 30.6 Å². The first-order chi connectivity index (χ1) is 28.4. The highest BCUT2D eigenvalue weighted by atomic mass is 127. The van der Waals surface area contributed by atoms with Crippen LogP contribution >= 0.6 is 46.6 Å². The lowest BCUT2D eigenvalue weighted by Crippen LogP contribution is -2.50. The van der Waals surface area contributed by atoms with E-state index in [0.29, 0.717) is 16.2 Å². The fourth-order valence-corrected chi connectivity index (χ4v) is 15.7. The number of allylic oxidation sites excluding steroid dienone is 6. The molecule has 0 bridgehead atoms. The lowest BCUT2D eigenvalue weighted by Gasteiger charge is -2.57. The van der Waals surface area contributed by atoms with E-state index in [4.69, 9.17) is 0 Å². The Morgan fingerprint density at radius 3 is 1.80 bits per heavy atom. The molecule has 61 heavy (non-hydrogen) atoms. The summed E-state index contributed by atoms with van der Waals surface area (Å²) in [7, 11) is 0. The van der Waals surface area contributed by atoms with E-state index in [0.717, 1.165) is 84.2 Å². The van der Waals surface area contributed by atoms with Crippen molar-refractivity contribution in [3.8, 4) is 0 Å². The normalized spacial score (nSPS) is 39.2. The molecule has 12 rings (SSSR count). The topological polar surface area (TPSA) is 87.0 Å². The summed E-state index contributed by atoms with van der Waals surface area (Å²) in [5, 5.41) is 20.3. The highest BCUT2D eigenvalue weighted by Crippen LogP contribution is 2.67. The maximum Gasteiger partial charge on any atom is 0.100 e. The second-order valence-electron chi connectivity index (χ2n) is 20.9. The van der Waals surface area contributed by atoms with Crippen molar-refractivity contribution in [1.82, 2.24) is 19.5 Å². The van der Waals surface area contributed by atoms with Gasteiger partial charge in [0.05, 0.1) is 40.6 Å². The smallest absolute Gasteiger partial charge is 0.100 e. The monoisotopic (exact) mass is 1050 g/mol. The second-order valence-corrected chi connectivity index (χ2v) is 22.0. The number of fused-ring (bicyclic) bond motifs is 12. The second kappa shape index (κ2) is 17.3. The van der Waals surface area contributed by atoms with Crippen molar-refractivity contribution in [2.75, 3.05) is 0 Å². The lowest BCUT2D eigenvalue weighted by molar-refractivity contribution is -0.0268. The SMILES string of the molecule is C.C[C@]12CC[C@H](O)CC1=CCC1C2CC[C@]2(C)C(I)=CCC12.C[C@]12CC[C@H](O)CC1=CCC1C2CC[C@]2(C)C(n3cnc4ccccc43)=CCC12.I.c1ccc2[nH]cnc2c1. The van der Waals surface area contributed by atoms with E-state index in [-0.39, 0.29) is 49.0 Å². The molecule has 8 heteroatoms. The molecular weight excluding hydrogens is 978 g/mol. The molecule has 8 aliphatic rings. The number of aliphatic hydroxyl groups excluding tert-OH is 2. The number of halogens is 2. The predicted octanol–water partition coefficient (Wildman–Crippen LogP) is 13.9. The van der Waals surface area contributed by atoms with Crippen LogP contribution in [0.25, 0.3) is 27.8 Å². The largest absolute Gasteiger partial charge is 0.393 e. The van der Waals surface area contributed by atoms with E-state index in [1.165, 1.54) is 69.0 Å². The van der Waals surface area contributed by atoms with Gasteiger partial charge in [-0.2, -0.15) is 0 Å². The molecule has 0 aliphatic heterocycles. The number of aliphatic hydroxyl groups is 2. The highest BCUT2D eigenvalue weighted by molar-refractivity contribution is 14.1. The highest BCUT2D eigenvalue weighted by Gasteiger charge is 2.58. The Balaban J connectivity index is 0.000000140. The van der Waals surface area contributed by atoms with Gasteiger partial charge in [-0.15, -0.1) is 24.0 Å². The van der Waals surface area contributed by atoms with Gasteiger partial charge in [0.2, 0.25) is 0 Å². The third-order valence-electron chi connectivity index (χ3n) is 18.2. The Hall–Kier alpha value is -2.28. The van der Waals surface area contributed by atoms with Crippen molar-refractivity contribution >= 4 is 74.3 Å². The summed E-state index contributed by atoms with van der Waals surface area (Å²) in [6.45, 7) is 10.1. The number of H-pyrrole nitrogens is 1. The van der Waals surface area contributed by atoms with Crippen LogP contribution in [-0.4, -0.2) is 41.9 Å². The van der Waals surface area contributed by atoms with Crippen LogP contribution in [0, 0.1) is 57.2 Å². The van der Waals surface area contributed by atoms with Crippen LogP contribution in [0.5, 0.6) is 0 Å². The number of nitrogens with zero attached hydrogens (tertiary/aromatic N) is 3. The average molecular weight is 1050 g/mol. The third-order valence-corrected chi connectivity index (χ3v) is 19.9. The summed E-state index contributed by atoms with van der Waals surface area (Å²) in [4.78, 5) is 11.7. The summed E-state index contributed by atoms with van der Waals surface area (Å²) in [5.74, 6) is 4.86. The molecule has 2 heterocycles. The van der Waals surface area contributed by atoms with Crippen molar-refractivity contribution in [3.63, 3.8) is 0 Å². The van der Waals surface area contributed by atoms with Gasteiger partial charge in [-0.05, 0) is 187 Å². The first-order valence-corrected chi connectivity index (χ1v) is 24.1. The van der Waals surface area contributed by atoms with Gasteiger partial charge in [0.1, 0.15) is 6.33 Å². The van der Waals surface area contributed by atoms with Crippen LogP contribution in [0.1, 0.15) is 125 Å². The molecule has 3 N–H and O–H groups in total. The van der Waals surface area contributed by atoms with Crippen molar-refractivity contribution in [2.24, 2.45) is 57.2 Å². The number of hydrogen-bond donors (Lipinski definition) is 3. The van der Waals surface area contributed by atoms with Gasteiger partial charge in [0.15, 0.2) is 0 Å². The molecule has 0 amide bonds. The minimum Gasteiger partial charge on any atom is -0.393 e. The number of para-hydroxylation sites is 4. The maximum atomic E-state index is 10.2. The van der Waals surface area contributed by atoms with Gasteiger partial charge >= 0.3 is 0 Å².